The minimum absolute atomic E-state index is 0.316. The fourth-order valence-electron chi connectivity index (χ4n) is 5.02. The lowest BCUT2D eigenvalue weighted by Gasteiger charge is -1.96. The Morgan fingerprint density at radius 2 is 0.923 bits per heavy atom. The second-order valence-corrected chi connectivity index (χ2v) is 11.5. The van der Waals surface area contributed by atoms with Gasteiger partial charge in [-0.05, 0) is 23.3 Å². The maximum absolute atomic E-state index is 12.7. The molecule has 8 nitrogen and oxygen atoms in total. The number of hydrogen-bond donors (Lipinski definition) is 0. The van der Waals surface area contributed by atoms with Crippen LogP contribution in [0.25, 0.3) is 54.8 Å². The Morgan fingerprint density at radius 3 is 1.36 bits per heavy atom. The lowest BCUT2D eigenvalue weighted by atomic mass is 10.1. The van der Waals surface area contributed by atoms with Gasteiger partial charge < -0.3 is 0 Å². The number of carbonyl (C=O) groups is 4. The van der Waals surface area contributed by atoms with E-state index >= 15 is 0 Å². The molecule has 0 spiro atoms. The second-order valence-electron chi connectivity index (χ2n) is 8.94. The standard InChI is InChI=1S/C28H10N4O4S3/c33-23-13-7-3-1-5-11(13)15(25(23)35)9-17-29-21-19-20(32-39-31-19)22-28(27(21)37-17)38-18(30-22)10-16-12-6-2-4-8-14(12)24(34)26(16)36/h1-10H/b15-9-,16-10-. The topological polar surface area (TPSA) is 120 Å². The molecule has 2 aliphatic carbocycles. The van der Waals surface area contributed by atoms with E-state index < -0.39 is 23.1 Å². The van der Waals surface area contributed by atoms with Crippen molar-refractivity contribution in [3.05, 3.63) is 80.8 Å². The summed E-state index contributed by atoms with van der Waals surface area (Å²) < 4.78 is 10.5. The van der Waals surface area contributed by atoms with E-state index in [4.69, 9.17) is 9.97 Å². The molecule has 39 heavy (non-hydrogen) atoms. The summed E-state index contributed by atoms with van der Waals surface area (Å²) in [4.78, 5) is 60.0. The number of thiazole rings is 2. The van der Waals surface area contributed by atoms with Gasteiger partial charge in [0.2, 0.25) is 23.1 Å². The second kappa shape index (κ2) is 7.96. The first-order valence-corrected chi connectivity index (χ1v) is 14.0. The Labute approximate surface area is 230 Å². The first-order chi connectivity index (χ1) is 19.0. The Kier molecular flexibility index (Phi) is 4.57. The van der Waals surface area contributed by atoms with Crippen molar-refractivity contribution < 1.29 is 19.2 Å². The third-order valence-electron chi connectivity index (χ3n) is 6.79. The van der Waals surface area contributed by atoms with Crippen LogP contribution in [0.4, 0.5) is 0 Å². The number of Topliss-reactive ketones (excluding diaryl/α,β-unsaturated/α-hetero) is 4. The number of aromatic nitrogens is 4. The molecule has 0 amide bonds. The van der Waals surface area contributed by atoms with Crippen molar-refractivity contribution in [2.75, 3.05) is 0 Å². The van der Waals surface area contributed by atoms with Crippen LogP contribution in [-0.2, 0) is 9.59 Å². The van der Waals surface area contributed by atoms with Crippen molar-refractivity contribution in [2.45, 2.75) is 0 Å². The van der Waals surface area contributed by atoms with Crippen LogP contribution in [0.1, 0.15) is 41.9 Å². The number of nitrogens with zero attached hydrogens (tertiary/aromatic N) is 4. The van der Waals surface area contributed by atoms with Crippen LogP contribution in [0.2, 0.25) is 0 Å². The Balaban J connectivity index is 1.33. The number of benzene rings is 3. The summed E-state index contributed by atoms with van der Waals surface area (Å²) in [6.45, 7) is 0. The summed E-state index contributed by atoms with van der Waals surface area (Å²) in [6.07, 6.45) is 3.30. The van der Waals surface area contributed by atoms with Gasteiger partial charge in [0, 0.05) is 22.3 Å². The summed E-state index contributed by atoms with van der Waals surface area (Å²) in [5.74, 6) is -2.14. The average Bonchev–Trinajstić information content (AvgIpc) is 3.76. The maximum atomic E-state index is 12.7. The third-order valence-corrected chi connectivity index (χ3v) is 9.49. The van der Waals surface area contributed by atoms with E-state index in [-0.39, 0.29) is 0 Å². The van der Waals surface area contributed by atoms with Gasteiger partial charge in [0.25, 0.3) is 0 Å². The predicted octanol–water partition coefficient (Wildman–Crippen LogP) is 5.52. The van der Waals surface area contributed by atoms with Gasteiger partial charge in [0.05, 0.1) is 21.1 Å². The van der Waals surface area contributed by atoms with Gasteiger partial charge in [-0.1, -0.05) is 48.5 Å². The molecule has 6 aromatic rings. The molecule has 0 atom stereocenters. The molecular weight excluding hydrogens is 553 g/mol. The van der Waals surface area contributed by atoms with Crippen LogP contribution in [0.5, 0.6) is 0 Å². The third kappa shape index (κ3) is 3.08. The Bertz CT molecular complexity index is 2060. The molecular formula is C28H10N4O4S3. The van der Waals surface area contributed by atoms with Crippen LogP contribution in [0.3, 0.4) is 0 Å². The van der Waals surface area contributed by atoms with Crippen LogP contribution in [-0.4, -0.2) is 41.8 Å². The fourth-order valence-corrected chi connectivity index (χ4v) is 7.73. The van der Waals surface area contributed by atoms with E-state index in [1.165, 1.54) is 22.7 Å². The molecule has 11 heteroatoms. The molecule has 8 rings (SSSR count). The van der Waals surface area contributed by atoms with Crippen molar-refractivity contribution in [1.29, 1.82) is 0 Å². The Hall–Kier alpha value is -4.58. The predicted molar refractivity (Wildman–Crippen MR) is 151 cm³/mol. The number of rotatable bonds is 2. The van der Waals surface area contributed by atoms with Gasteiger partial charge in [-0.25, -0.2) is 9.97 Å². The van der Waals surface area contributed by atoms with Crippen molar-refractivity contribution in [1.82, 2.24) is 18.7 Å². The molecule has 0 radical (unpaired) electrons. The molecule has 0 fully saturated rings. The minimum Gasteiger partial charge on any atom is -0.285 e. The van der Waals surface area contributed by atoms with Crippen molar-refractivity contribution in [2.24, 2.45) is 0 Å². The smallest absolute Gasteiger partial charge is 0.234 e. The highest BCUT2D eigenvalue weighted by Crippen LogP contribution is 2.42. The molecule has 3 aromatic carbocycles. The molecule has 0 N–H and O–H groups in total. The van der Waals surface area contributed by atoms with Gasteiger partial charge in [0.15, 0.2) is 0 Å². The molecule has 3 aromatic heterocycles. The summed E-state index contributed by atoms with van der Waals surface area (Å²) in [5.41, 5.74) is 5.07. The zero-order valence-corrected chi connectivity index (χ0v) is 21.9. The van der Waals surface area contributed by atoms with Gasteiger partial charge >= 0.3 is 0 Å². The minimum atomic E-state index is -0.552. The molecule has 0 unspecified atom stereocenters. The summed E-state index contributed by atoms with van der Waals surface area (Å²) in [5, 5.41) is 1.11. The summed E-state index contributed by atoms with van der Waals surface area (Å²) in [7, 11) is 0. The molecule has 0 aliphatic heterocycles. The van der Waals surface area contributed by atoms with Gasteiger partial charge in [-0.15, -0.1) is 22.7 Å². The molecule has 184 valence electrons. The van der Waals surface area contributed by atoms with Gasteiger partial charge in [-0.3, -0.25) is 19.2 Å². The molecule has 2 aliphatic rings. The lowest BCUT2D eigenvalue weighted by molar-refractivity contribution is -0.110. The number of fused-ring (bicyclic) bond motifs is 8. The van der Waals surface area contributed by atoms with Gasteiger partial charge in [0.1, 0.15) is 32.1 Å². The number of hydrogen-bond acceptors (Lipinski definition) is 11. The van der Waals surface area contributed by atoms with E-state index in [2.05, 4.69) is 8.75 Å². The average molecular weight is 563 g/mol. The van der Waals surface area contributed by atoms with Crippen LogP contribution >= 0.6 is 34.4 Å². The SMILES string of the molecule is O=C1C(=O)c2ccccc2/C1=C/c1nc2c3nsnc3c3nc(/C=C4\C(=O)C(=O)c5ccccc54)sc3c2s1. The van der Waals surface area contributed by atoms with Crippen LogP contribution in [0, 0.1) is 0 Å². The number of ketones is 4. The highest BCUT2D eigenvalue weighted by atomic mass is 32.1. The van der Waals surface area contributed by atoms with Crippen molar-refractivity contribution in [3.63, 3.8) is 0 Å². The van der Waals surface area contributed by atoms with E-state index in [0.717, 1.165) is 21.1 Å². The maximum Gasteiger partial charge on any atom is 0.234 e. The van der Waals surface area contributed by atoms with E-state index in [1.54, 1.807) is 60.7 Å². The van der Waals surface area contributed by atoms with Crippen LogP contribution < -0.4 is 0 Å². The lowest BCUT2D eigenvalue weighted by Crippen LogP contribution is -2.05. The molecule has 0 saturated carbocycles. The number of allylic oxidation sites excluding steroid dienone is 2. The highest BCUT2D eigenvalue weighted by molar-refractivity contribution is 7.28. The monoisotopic (exact) mass is 562 g/mol. The van der Waals surface area contributed by atoms with Gasteiger partial charge in [-0.2, -0.15) is 8.75 Å². The van der Waals surface area contributed by atoms with E-state index in [9.17, 15) is 19.2 Å². The molecule has 3 heterocycles. The fraction of sp³-hybridized carbons (Fsp3) is 0. The van der Waals surface area contributed by atoms with Crippen molar-refractivity contribution in [3.8, 4) is 0 Å². The highest BCUT2D eigenvalue weighted by Gasteiger charge is 2.34. The summed E-state index contributed by atoms with van der Waals surface area (Å²) >= 11 is 3.79. The summed E-state index contributed by atoms with van der Waals surface area (Å²) in [6, 6.07) is 13.9. The largest absolute Gasteiger partial charge is 0.285 e. The quantitative estimate of drug-likeness (QED) is 0.200. The number of carbonyl (C=O) groups excluding carboxylic acids is 4. The van der Waals surface area contributed by atoms with E-state index in [1.807, 2.05) is 0 Å². The zero-order valence-electron chi connectivity index (χ0n) is 19.4. The van der Waals surface area contributed by atoms with Crippen LogP contribution in [0.15, 0.2) is 48.5 Å². The zero-order chi connectivity index (χ0) is 26.4. The Morgan fingerprint density at radius 1 is 0.513 bits per heavy atom. The normalized spacial score (nSPS) is 17.0. The van der Waals surface area contributed by atoms with E-state index in [0.29, 0.717) is 65.5 Å². The first-order valence-electron chi connectivity index (χ1n) is 11.6. The van der Waals surface area contributed by atoms with Crippen molar-refractivity contribution >= 4 is 112 Å². The first kappa shape index (κ1) is 22.4. The molecule has 0 bridgehead atoms. The molecule has 0 saturated heterocycles.